The van der Waals surface area contributed by atoms with Gasteiger partial charge in [-0.05, 0) is 44.1 Å². The molecule has 1 heterocycles. The number of hydrogen-bond donors (Lipinski definition) is 2. The summed E-state index contributed by atoms with van der Waals surface area (Å²) in [6.07, 6.45) is 2.55. The minimum Gasteiger partial charge on any atom is -0.397 e. The van der Waals surface area contributed by atoms with Crippen molar-refractivity contribution in [3.05, 3.63) is 18.2 Å². The Balaban J connectivity index is 1.99. The fourth-order valence-electron chi connectivity index (χ4n) is 2.43. The maximum atomic E-state index is 12.0. The molecule has 1 aromatic carbocycles. The predicted molar refractivity (Wildman–Crippen MR) is 85.9 cm³/mol. The monoisotopic (exact) mass is 312 g/mol. The Morgan fingerprint density at radius 2 is 1.95 bits per heavy atom. The molecule has 0 unspecified atom stereocenters. The van der Waals surface area contributed by atoms with Gasteiger partial charge in [0.05, 0.1) is 16.3 Å². The van der Waals surface area contributed by atoms with Crippen molar-refractivity contribution < 1.29 is 8.42 Å². The topological polar surface area (TPSA) is 78.7 Å². The van der Waals surface area contributed by atoms with Gasteiger partial charge in [0.25, 0.3) is 0 Å². The van der Waals surface area contributed by atoms with Gasteiger partial charge in [-0.15, -0.1) is 0 Å². The fourth-order valence-corrected chi connectivity index (χ4v) is 3.37. The summed E-state index contributed by atoms with van der Waals surface area (Å²) in [5, 5.41) is 3.27. The van der Waals surface area contributed by atoms with Gasteiger partial charge >= 0.3 is 0 Å². The second-order valence-electron chi connectivity index (χ2n) is 5.51. The van der Waals surface area contributed by atoms with Gasteiger partial charge in [-0.25, -0.2) is 12.7 Å². The molecule has 21 heavy (non-hydrogen) atoms. The number of anilines is 2. The van der Waals surface area contributed by atoms with Gasteiger partial charge in [0.15, 0.2) is 0 Å². The molecule has 1 saturated heterocycles. The normalized spacial score (nSPS) is 16.5. The molecule has 2 rings (SSSR count). The maximum Gasteiger partial charge on any atom is 0.242 e. The van der Waals surface area contributed by atoms with E-state index in [9.17, 15) is 8.42 Å². The number of hydrogen-bond acceptors (Lipinski definition) is 5. The van der Waals surface area contributed by atoms with E-state index in [2.05, 4.69) is 10.2 Å². The third-order valence-electron chi connectivity index (χ3n) is 3.74. The molecule has 0 amide bonds. The molecule has 118 valence electrons. The van der Waals surface area contributed by atoms with Crippen LogP contribution in [0.15, 0.2) is 23.1 Å². The van der Waals surface area contributed by atoms with Gasteiger partial charge < -0.3 is 16.0 Å². The molecule has 1 aromatic rings. The van der Waals surface area contributed by atoms with E-state index in [4.69, 9.17) is 5.73 Å². The number of benzene rings is 1. The van der Waals surface area contributed by atoms with Crippen LogP contribution in [0.25, 0.3) is 0 Å². The van der Waals surface area contributed by atoms with Crippen LogP contribution < -0.4 is 11.1 Å². The van der Waals surface area contributed by atoms with Gasteiger partial charge in [-0.1, -0.05) is 0 Å². The lowest BCUT2D eigenvalue weighted by atomic mass is 10.2. The lowest BCUT2D eigenvalue weighted by molar-refractivity contribution is 0.353. The average molecular weight is 312 g/mol. The zero-order valence-corrected chi connectivity index (χ0v) is 13.5. The molecule has 1 aliphatic heterocycles. The van der Waals surface area contributed by atoms with Crippen LogP contribution in [0.5, 0.6) is 0 Å². The van der Waals surface area contributed by atoms with Gasteiger partial charge in [0, 0.05) is 27.2 Å². The number of sulfonamides is 1. The SMILES string of the molecule is CN(C)S(=O)(=O)c1ccc(NCCN2CCCC2)c(N)c1. The lowest BCUT2D eigenvalue weighted by Gasteiger charge is -2.17. The smallest absolute Gasteiger partial charge is 0.242 e. The Kier molecular flexibility index (Phi) is 5.08. The Bertz CT molecular complexity index is 581. The predicted octanol–water partition coefficient (Wildman–Crippen LogP) is 1.03. The minimum absolute atomic E-state index is 0.218. The quantitative estimate of drug-likeness (QED) is 0.767. The van der Waals surface area contributed by atoms with Gasteiger partial charge in [-0.3, -0.25) is 0 Å². The summed E-state index contributed by atoms with van der Waals surface area (Å²) in [5.74, 6) is 0. The lowest BCUT2D eigenvalue weighted by Crippen LogP contribution is -2.26. The number of nitrogens with two attached hydrogens (primary N) is 1. The molecule has 6 nitrogen and oxygen atoms in total. The molecule has 7 heteroatoms. The molecule has 0 aromatic heterocycles. The first-order chi connectivity index (χ1) is 9.91. The number of nitrogens with zero attached hydrogens (tertiary/aromatic N) is 2. The van der Waals surface area contributed by atoms with Crippen LogP contribution in [-0.4, -0.2) is 57.9 Å². The summed E-state index contributed by atoms with van der Waals surface area (Å²) in [6.45, 7) is 4.12. The van der Waals surface area contributed by atoms with E-state index in [0.29, 0.717) is 5.69 Å². The molecule has 3 N–H and O–H groups in total. The van der Waals surface area contributed by atoms with Crippen LogP contribution >= 0.6 is 0 Å². The van der Waals surface area contributed by atoms with Crippen molar-refractivity contribution >= 4 is 21.4 Å². The zero-order chi connectivity index (χ0) is 15.5. The van der Waals surface area contributed by atoms with E-state index in [1.54, 1.807) is 12.1 Å². The first-order valence-corrected chi connectivity index (χ1v) is 8.63. The molecule has 1 aliphatic rings. The summed E-state index contributed by atoms with van der Waals surface area (Å²) in [5.41, 5.74) is 7.20. The minimum atomic E-state index is -3.43. The standard InChI is InChI=1S/C14H24N4O2S/c1-17(2)21(19,20)12-5-6-14(13(15)11-12)16-7-10-18-8-3-4-9-18/h5-6,11,16H,3-4,7-10,15H2,1-2H3. The van der Waals surface area contributed by atoms with Crippen molar-refractivity contribution in [2.75, 3.05) is 51.3 Å². The van der Waals surface area contributed by atoms with Crippen molar-refractivity contribution in [2.45, 2.75) is 17.7 Å². The molecule has 0 atom stereocenters. The summed E-state index contributed by atoms with van der Waals surface area (Å²) in [6, 6.07) is 4.83. The summed E-state index contributed by atoms with van der Waals surface area (Å²) in [4.78, 5) is 2.63. The van der Waals surface area contributed by atoms with Crippen molar-refractivity contribution in [2.24, 2.45) is 0 Å². The van der Waals surface area contributed by atoms with Gasteiger partial charge in [0.2, 0.25) is 10.0 Å². The fraction of sp³-hybridized carbons (Fsp3) is 0.571. The highest BCUT2D eigenvalue weighted by atomic mass is 32.2. The Morgan fingerprint density at radius 3 is 2.52 bits per heavy atom. The Hall–Kier alpha value is -1.31. The number of nitrogens with one attached hydrogen (secondary N) is 1. The molecule has 0 saturated carbocycles. The second-order valence-corrected chi connectivity index (χ2v) is 7.66. The zero-order valence-electron chi connectivity index (χ0n) is 12.7. The largest absolute Gasteiger partial charge is 0.397 e. The second kappa shape index (κ2) is 6.64. The van der Waals surface area contributed by atoms with Gasteiger partial charge in [0.1, 0.15) is 0 Å². The molecule has 0 radical (unpaired) electrons. The van der Waals surface area contributed by atoms with Crippen LogP contribution in [0.3, 0.4) is 0 Å². The molecule has 0 spiro atoms. The van der Waals surface area contributed by atoms with Gasteiger partial charge in [-0.2, -0.15) is 0 Å². The van der Waals surface area contributed by atoms with E-state index in [0.717, 1.165) is 31.9 Å². The summed E-state index contributed by atoms with van der Waals surface area (Å²) in [7, 11) is -0.417. The van der Waals surface area contributed by atoms with Crippen LogP contribution in [0.1, 0.15) is 12.8 Å². The Labute approximate surface area is 127 Å². The molecular weight excluding hydrogens is 288 g/mol. The number of nitrogen functional groups attached to an aromatic ring is 1. The van der Waals surface area contributed by atoms with E-state index in [1.165, 1.54) is 37.3 Å². The van der Waals surface area contributed by atoms with Crippen LogP contribution in [0.2, 0.25) is 0 Å². The van der Waals surface area contributed by atoms with E-state index in [1.807, 2.05) is 0 Å². The maximum absolute atomic E-state index is 12.0. The third kappa shape index (κ3) is 3.87. The highest BCUT2D eigenvalue weighted by molar-refractivity contribution is 7.89. The first kappa shape index (κ1) is 16.1. The van der Waals surface area contributed by atoms with E-state index >= 15 is 0 Å². The van der Waals surface area contributed by atoms with E-state index in [-0.39, 0.29) is 4.90 Å². The van der Waals surface area contributed by atoms with Crippen molar-refractivity contribution in [1.29, 1.82) is 0 Å². The molecule has 0 bridgehead atoms. The van der Waals surface area contributed by atoms with Crippen LogP contribution in [0.4, 0.5) is 11.4 Å². The van der Waals surface area contributed by atoms with Crippen molar-refractivity contribution in [1.82, 2.24) is 9.21 Å². The molecule has 0 aliphatic carbocycles. The van der Waals surface area contributed by atoms with E-state index < -0.39 is 10.0 Å². The third-order valence-corrected chi connectivity index (χ3v) is 5.55. The van der Waals surface area contributed by atoms with Crippen LogP contribution in [0, 0.1) is 0 Å². The average Bonchev–Trinajstić information content (AvgIpc) is 2.93. The summed E-state index contributed by atoms with van der Waals surface area (Å²) >= 11 is 0. The molecule has 1 fully saturated rings. The van der Waals surface area contributed by atoms with Crippen molar-refractivity contribution in [3.8, 4) is 0 Å². The van der Waals surface area contributed by atoms with Crippen molar-refractivity contribution in [3.63, 3.8) is 0 Å². The Morgan fingerprint density at radius 1 is 1.29 bits per heavy atom. The number of likely N-dealkylation sites (tertiary alicyclic amines) is 1. The number of rotatable bonds is 6. The van der Waals surface area contributed by atoms with Crippen LogP contribution in [-0.2, 0) is 10.0 Å². The first-order valence-electron chi connectivity index (χ1n) is 7.19. The highest BCUT2D eigenvalue weighted by Crippen LogP contribution is 2.23. The summed E-state index contributed by atoms with van der Waals surface area (Å²) < 4.78 is 25.2. The molecular formula is C14H24N4O2S. The highest BCUT2D eigenvalue weighted by Gasteiger charge is 2.18.